The number of hydrogen-bond donors (Lipinski definition) is 1. The Balaban J connectivity index is 1.33. The summed E-state index contributed by atoms with van der Waals surface area (Å²) in [7, 11) is 0. The summed E-state index contributed by atoms with van der Waals surface area (Å²) >= 11 is 6.01. The molecule has 1 unspecified atom stereocenters. The van der Waals surface area contributed by atoms with Crippen LogP contribution in [0.3, 0.4) is 0 Å². The number of nitrogens with one attached hydrogen (secondary N) is 1. The molecule has 1 aliphatic heterocycles. The second-order valence-electron chi connectivity index (χ2n) is 7.93. The van der Waals surface area contributed by atoms with E-state index in [-0.39, 0.29) is 18.3 Å². The minimum atomic E-state index is -0.560. The highest BCUT2D eigenvalue weighted by molar-refractivity contribution is 6.31. The summed E-state index contributed by atoms with van der Waals surface area (Å²) in [5, 5.41) is 7.14. The van der Waals surface area contributed by atoms with E-state index >= 15 is 0 Å². The fraction of sp³-hybridized carbons (Fsp3) is 0.524. The lowest BCUT2D eigenvalue weighted by Gasteiger charge is -2.27. The zero-order chi connectivity index (χ0) is 21.8. The number of fused-ring (bicyclic) bond motifs is 1. The summed E-state index contributed by atoms with van der Waals surface area (Å²) in [5.74, 6) is -0.908. The molecule has 0 spiro atoms. The minimum Gasteiger partial charge on any atom is -0.408 e. The van der Waals surface area contributed by atoms with Crippen LogP contribution in [0.1, 0.15) is 55.5 Å². The molecule has 4 rings (SSSR count). The first-order valence-corrected chi connectivity index (χ1v) is 11.0. The topological polar surface area (TPSA) is 106 Å². The normalized spacial score (nSPS) is 16.3. The number of carbonyl (C=O) groups excluding carboxylic acids is 1. The largest absolute Gasteiger partial charge is 0.420 e. The molecule has 3 heterocycles. The molecule has 1 saturated heterocycles. The average molecular weight is 448 g/mol. The highest BCUT2D eigenvalue weighted by Gasteiger charge is 2.19. The third-order valence-corrected chi connectivity index (χ3v) is 5.94. The van der Waals surface area contributed by atoms with Crippen molar-refractivity contribution < 1.29 is 13.7 Å². The molecule has 0 bridgehead atoms. The quantitative estimate of drug-likeness (QED) is 0.593. The Morgan fingerprint density at radius 1 is 1.26 bits per heavy atom. The maximum absolute atomic E-state index is 12.4. The second-order valence-corrected chi connectivity index (χ2v) is 8.36. The van der Waals surface area contributed by atoms with E-state index < -0.39 is 11.7 Å². The molecule has 9 nitrogen and oxygen atoms in total. The van der Waals surface area contributed by atoms with Gasteiger partial charge in [0.2, 0.25) is 0 Å². The zero-order valence-electron chi connectivity index (χ0n) is 17.5. The predicted octanol–water partition coefficient (Wildman–Crippen LogP) is 3.06. The number of aromatic nitrogens is 3. The van der Waals surface area contributed by atoms with Crippen LogP contribution >= 0.6 is 11.6 Å². The van der Waals surface area contributed by atoms with Gasteiger partial charge in [-0.1, -0.05) is 29.6 Å². The number of hydrogen-bond acceptors (Lipinski definition) is 7. The van der Waals surface area contributed by atoms with Crippen molar-refractivity contribution in [3.05, 3.63) is 45.5 Å². The molecular formula is C21H26ClN5O4. The fourth-order valence-electron chi connectivity index (χ4n) is 3.93. The van der Waals surface area contributed by atoms with Gasteiger partial charge in [-0.2, -0.15) is 4.98 Å². The van der Waals surface area contributed by atoms with Gasteiger partial charge in [-0.3, -0.25) is 9.36 Å². The Kier molecular flexibility index (Phi) is 6.72. The van der Waals surface area contributed by atoms with Crippen LogP contribution in [0.5, 0.6) is 0 Å². The van der Waals surface area contributed by atoms with Crippen molar-refractivity contribution in [3.63, 3.8) is 0 Å². The molecule has 166 valence electrons. The first kappa shape index (κ1) is 21.6. The van der Waals surface area contributed by atoms with Gasteiger partial charge in [0.1, 0.15) is 0 Å². The summed E-state index contributed by atoms with van der Waals surface area (Å²) in [6.45, 7) is 4.97. The van der Waals surface area contributed by atoms with Crippen LogP contribution in [0.15, 0.2) is 31.9 Å². The summed E-state index contributed by atoms with van der Waals surface area (Å²) in [6.07, 6.45) is 5.93. The van der Waals surface area contributed by atoms with E-state index in [1.165, 1.54) is 30.3 Å². The van der Waals surface area contributed by atoms with Crippen LogP contribution in [0.2, 0.25) is 5.02 Å². The molecule has 0 aliphatic carbocycles. The maximum atomic E-state index is 12.4. The lowest BCUT2D eigenvalue weighted by atomic mass is 10.2. The summed E-state index contributed by atoms with van der Waals surface area (Å²) in [4.78, 5) is 31.1. The van der Waals surface area contributed by atoms with Crippen LogP contribution in [0, 0.1) is 0 Å². The molecule has 0 radical (unpaired) electrons. The highest BCUT2D eigenvalue weighted by atomic mass is 35.5. The van der Waals surface area contributed by atoms with Gasteiger partial charge in [0, 0.05) is 17.6 Å². The second kappa shape index (κ2) is 9.65. The maximum Gasteiger partial charge on any atom is 0.420 e. The van der Waals surface area contributed by atoms with Crippen molar-refractivity contribution in [3.8, 4) is 0 Å². The van der Waals surface area contributed by atoms with Crippen LogP contribution in [0.4, 0.5) is 0 Å². The molecule has 31 heavy (non-hydrogen) atoms. The van der Waals surface area contributed by atoms with Crippen molar-refractivity contribution in [1.29, 1.82) is 0 Å². The average Bonchev–Trinajstić information content (AvgIpc) is 3.22. The standard InChI is InChI=1S/C21H26ClN5O4/c1-14(26-10-4-2-3-5-11-26)8-9-23-19(28)20-24-18(25-31-20)13-27-16-12-15(22)6-7-17(16)30-21(27)29/h6-7,12,14H,2-5,8-11,13H2,1H3,(H,23,28). The molecular weight excluding hydrogens is 422 g/mol. The number of likely N-dealkylation sites (tertiary alicyclic amines) is 1. The summed E-state index contributed by atoms with van der Waals surface area (Å²) in [6, 6.07) is 5.30. The number of benzene rings is 1. The Morgan fingerprint density at radius 2 is 2.03 bits per heavy atom. The Hall–Kier alpha value is -2.65. The van der Waals surface area contributed by atoms with Gasteiger partial charge in [-0.15, -0.1) is 0 Å². The van der Waals surface area contributed by atoms with E-state index in [0.29, 0.717) is 28.7 Å². The molecule has 1 atom stereocenters. The highest BCUT2D eigenvalue weighted by Crippen LogP contribution is 2.19. The van der Waals surface area contributed by atoms with E-state index in [1.54, 1.807) is 18.2 Å². The van der Waals surface area contributed by atoms with Crippen molar-refractivity contribution in [2.24, 2.45) is 0 Å². The third kappa shape index (κ3) is 5.16. The molecule has 0 saturated carbocycles. The monoisotopic (exact) mass is 447 g/mol. The van der Waals surface area contributed by atoms with Gasteiger partial charge in [0.05, 0.1) is 12.1 Å². The van der Waals surface area contributed by atoms with Gasteiger partial charge in [-0.25, -0.2) is 4.79 Å². The van der Waals surface area contributed by atoms with E-state index in [2.05, 4.69) is 27.3 Å². The predicted molar refractivity (Wildman–Crippen MR) is 115 cm³/mol. The van der Waals surface area contributed by atoms with E-state index in [1.807, 2.05) is 0 Å². The van der Waals surface area contributed by atoms with E-state index in [0.717, 1.165) is 19.5 Å². The van der Waals surface area contributed by atoms with Gasteiger partial charge in [-0.05, 0) is 57.5 Å². The molecule has 1 N–H and O–H groups in total. The van der Waals surface area contributed by atoms with E-state index in [4.69, 9.17) is 20.5 Å². The summed E-state index contributed by atoms with van der Waals surface area (Å²) < 4.78 is 11.6. The van der Waals surface area contributed by atoms with Gasteiger partial charge >= 0.3 is 17.6 Å². The van der Waals surface area contributed by atoms with Crippen molar-refractivity contribution >= 4 is 28.6 Å². The number of carbonyl (C=O) groups is 1. The Morgan fingerprint density at radius 3 is 2.81 bits per heavy atom. The lowest BCUT2D eigenvalue weighted by Crippen LogP contribution is -2.37. The molecule has 1 amide bonds. The first-order chi connectivity index (χ1) is 15.0. The van der Waals surface area contributed by atoms with Crippen molar-refractivity contribution in [2.45, 2.75) is 51.6 Å². The molecule has 1 aliphatic rings. The summed E-state index contributed by atoms with van der Waals surface area (Å²) in [5.41, 5.74) is 0.935. The van der Waals surface area contributed by atoms with Crippen LogP contribution in [0.25, 0.3) is 11.1 Å². The van der Waals surface area contributed by atoms with Gasteiger partial charge < -0.3 is 19.2 Å². The molecule has 1 fully saturated rings. The van der Waals surface area contributed by atoms with Crippen molar-refractivity contribution in [2.75, 3.05) is 19.6 Å². The number of oxazole rings is 1. The Bertz CT molecular complexity index is 1100. The first-order valence-electron chi connectivity index (χ1n) is 10.6. The van der Waals surface area contributed by atoms with Crippen molar-refractivity contribution in [1.82, 2.24) is 24.9 Å². The molecule has 3 aromatic rings. The van der Waals surface area contributed by atoms with Gasteiger partial charge in [0.25, 0.3) is 0 Å². The Labute approximate surface area is 184 Å². The SMILES string of the molecule is CC(CCNC(=O)c1nc(Cn2c(=O)oc3ccc(Cl)cc32)no1)N1CCCCCC1. The number of halogens is 1. The van der Waals surface area contributed by atoms with Crippen LogP contribution < -0.4 is 11.1 Å². The molecule has 1 aromatic carbocycles. The van der Waals surface area contributed by atoms with E-state index in [9.17, 15) is 9.59 Å². The lowest BCUT2D eigenvalue weighted by molar-refractivity contribution is 0.0904. The zero-order valence-corrected chi connectivity index (χ0v) is 18.2. The van der Waals surface area contributed by atoms with Crippen LogP contribution in [-0.2, 0) is 6.54 Å². The van der Waals surface area contributed by atoms with Gasteiger partial charge in [0.15, 0.2) is 11.4 Å². The fourth-order valence-corrected chi connectivity index (χ4v) is 4.09. The van der Waals surface area contributed by atoms with Crippen LogP contribution in [-0.4, -0.2) is 51.2 Å². The third-order valence-electron chi connectivity index (χ3n) is 5.70. The number of amides is 1. The number of rotatable bonds is 7. The number of nitrogens with zero attached hydrogens (tertiary/aromatic N) is 4. The minimum absolute atomic E-state index is 0.00888. The smallest absolute Gasteiger partial charge is 0.408 e. The molecule has 10 heteroatoms. The molecule has 2 aromatic heterocycles.